The molecule has 0 unspecified atom stereocenters. The minimum absolute atomic E-state index is 0.202. The lowest BCUT2D eigenvalue weighted by atomic mass is 10.2. The molecule has 65 valence electrons. The number of benzene rings is 1. The molecule has 1 radical (unpaired) electrons. The van der Waals surface area contributed by atoms with Gasteiger partial charge in [-0.2, -0.15) is 13.2 Å². The molecule has 0 saturated carbocycles. The summed E-state index contributed by atoms with van der Waals surface area (Å²) < 4.78 is 36.2. The Labute approximate surface area is 71.9 Å². The van der Waals surface area contributed by atoms with Crippen molar-refractivity contribution in [3.8, 4) is 0 Å². The topological polar surface area (TPSA) is 23.8 Å². The van der Waals surface area contributed by atoms with E-state index in [9.17, 15) is 13.2 Å². The molecule has 0 spiro atoms. The maximum atomic E-state index is 12.1. The van der Waals surface area contributed by atoms with Crippen molar-refractivity contribution in [2.75, 3.05) is 0 Å². The van der Waals surface area contributed by atoms with Crippen LogP contribution in [0.15, 0.2) is 18.2 Å². The number of hydrogen-bond acceptors (Lipinski definition) is 0. The van der Waals surface area contributed by atoms with Crippen molar-refractivity contribution < 1.29 is 13.2 Å². The predicted molar refractivity (Wildman–Crippen MR) is 39.2 cm³/mol. The smallest absolute Gasteiger partial charge is 0.301 e. The SMILES string of the molecule is [NH]c1ccc(Cl)c(C(F)(F)F)c1. The molecule has 12 heavy (non-hydrogen) atoms. The Morgan fingerprint density at radius 2 is 1.83 bits per heavy atom. The lowest BCUT2D eigenvalue weighted by molar-refractivity contribution is -0.137. The second-order valence-electron chi connectivity index (χ2n) is 2.19. The summed E-state index contributed by atoms with van der Waals surface area (Å²) in [5.74, 6) is 0. The van der Waals surface area contributed by atoms with Gasteiger partial charge in [-0.25, -0.2) is 0 Å². The van der Waals surface area contributed by atoms with E-state index in [4.69, 9.17) is 17.3 Å². The van der Waals surface area contributed by atoms with E-state index in [0.29, 0.717) is 6.07 Å². The van der Waals surface area contributed by atoms with E-state index in [1.54, 1.807) is 0 Å². The van der Waals surface area contributed by atoms with Gasteiger partial charge in [-0.3, -0.25) is 0 Å². The maximum absolute atomic E-state index is 12.1. The summed E-state index contributed by atoms with van der Waals surface area (Å²) in [5.41, 5.74) is 5.79. The Hall–Kier alpha value is -0.900. The fourth-order valence-electron chi connectivity index (χ4n) is 0.743. The highest BCUT2D eigenvalue weighted by Gasteiger charge is 2.33. The molecule has 0 saturated heterocycles. The second-order valence-corrected chi connectivity index (χ2v) is 2.60. The third kappa shape index (κ3) is 1.82. The van der Waals surface area contributed by atoms with Crippen molar-refractivity contribution in [2.24, 2.45) is 0 Å². The number of halogens is 4. The lowest BCUT2D eigenvalue weighted by Crippen LogP contribution is -2.05. The van der Waals surface area contributed by atoms with Gasteiger partial charge in [0, 0.05) is 0 Å². The monoisotopic (exact) mass is 194 g/mol. The zero-order valence-electron chi connectivity index (χ0n) is 5.74. The normalized spacial score (nSPS) is 11.7. The molecule has 0 aliphatic rings. The van der Waals surface area contributed by atoms with Crippen molar-refractivity contribution in [3.63, 3.8) is 0 Å². The average molecular weight is 195 g/mol. The molecule has 5 heteroatoms. The molecule has 0 bridgehead atoms. The first-order valence-corrected chi connectivity index (χ1v) is 3.37. The standard InChI is InChI=1S/C7H4ClF3N/c8-6-2-1-4(12)3-5(6)7(9,10)11/h1-3,12H. The van der Waals surface area contributed by atoms with Crippen LogP contribution in [-0.4, -0.2) is 0 Å². The summed E-state index contributed by atoms with van der Waals surface area (Å²) in [6.07, 6.45) is -4.48. The Morgan fingerprint density at radius 3 is 2.25 bits per heavy atom. The van der Waals surface area contributed by atoms with E-state index < -0.39 is 11.7 Å². The Balaban J connectivity index is 3.23. The van der Waals surface area contributed by atoms with Crippen molar-refractivity contribution >= 4 is 17.3 Å². The number of hydrogen-bond donors (Lipinski definition) is 0. The highest BCUT2D eigenvalue weighted by molar-refractivity contribution is 6.31. The maximum Gasteiger partial charge on any atom is 0.417 e. The molecule has 0 fully saturated rings. The zero-order chi connectivity index (χ0) is 9.35. The first-order valence-electron chi connectivity index (χ1n) is 2.99. The van der Waals surface area contributed by atoms with Crippen LogP contribution in [0.3, 0.4) is 0 Å². The van der Waals surface area contributed by atoms with Crippen LogP contribution in [0, 0.1) is 0 Å². The predicted octanol–water partition coefficient (Wildman–Crippen LogP) is 3.27. The van der Waals surface area contributed by atoms with Crippen molar-refractivity contribution in [2.45, 2.75) is 6.18 Å². The molecule has 0 aliphatic carbocycles. The third-order valence-electron chi connectivity index (χ3n) is 1.27. The first kappa shape index (κ1) is 9.19. The summed E-state index contributed by atoms with van der Waals surface area (Å²) in [6, 6.07) is 2.96. The fourth-order valence-corrected chi connectivity index (χ4v) is 0.967. The quantitative estimate of drug-likeness (QED) is 0.605. The largest absolute Gasteiger partial charge is 0.417 e. The lowest BCUT2D eigenvalue weighted by Gasteiger charge is -2.08. The van der Waals surface area contributed by atoms with Crippen molar-refractivity contribution in [1.82, 2.24) is 5.73 Å². The van der Waals surface area contributed by atoms with Crippen LogP contribution in [0.4, 0.5) is 18.9 Å². The van der Waals surface area contributed by atoms with E-state index in [0.717, 1.165) is 6.07 Å². The van der Waals surface area contributed by atoms with Crippen LogP contribution in [0.2, 0.25) is 5.02 Å². The molecular formula is C7H4ClF3N. The average Bonchev–Trinajstić information content (AvgIpc) is 1.92. The molecule has 0 aromatic heterocycles. The highest BCUT2D eigenvalue weighted by Crippen LogP contribution is 2.35. The summed E-state index contributed by atoms with van der Waals surface area (Å²) in [5, 5.41) is -0.376. The fraction of sp³-hybridized carbons (Fsp3) is 0.143. The summed E-state index contributed by atoms with van der Waals surface area (Å²) in [7, 11) is 0. The summed E-state index contributed by atoms with van der Waals surface area (Å²) in [6.45, 7) is 0. The van der Waals surface area contributed by atoms with Crippen LogP contribution in [0.5, 0.6) is 0 Å². The minimum atomic E-state index is -4.48. The molecule has 1 nitrogen and oxygen atoms in total. The van der Waals surface area contributed by atoms with E-state index >= 15 is 0 Å². The zero-order valence-corrected chi connectivity index (χ0v) is 6.50. The molecule has 1 aromatic carbocycles. The van der Waals surface area contributed by atoms with E-state index in [1.807, 2.05) is 0 Å². The summed E-state index contributed by atoms with van der Waals surface area (Å²) >= 11 is 5.28. The molecule has 0 atom stereocenters. The van der Waals surface area contributed by atoms with Gasteiger partial charge in [0.25, 0.3) is 0 Å². The van der Waals surface area contributed by atoms with Gasteiger partial charge in [-0.15, -0.1) is 0 Å². The van der Waals surface area contributed by atoms with Gasteiger partial charge in [0.05, 0.1) is 16.3 Å². The Kier molecular flexibility index (Phi) is 2.19. The van der Waals surface area contributed by atoms with Crippen molar-refractivity contribution in [3.05, 3.63) is 28.8 Å². The van der Waals surface area contributed by atoms with E-state index in [1.165, 1.54) is 6.07 Å². The van der Waals surface area contributed by atoms with Crippen LogP contribution < -0.4 is 5.73 Å². The molecule has 0 aliphatic heterocycles. The van der Waals surface area contributed by atoms with Crippen LogP contribution in [-0.2, 0) is 6.18 Å². The van der Waals surface area contributed by atoms with Crippen LogP contribution >= 0.6 is 11.6 Å². The Bertz CT molecular complexity index is 295. The Morgan fingerprint density at radius 1 is 1.25 bits per heavy atom. The molecule has 0 heterocycles. The number of alkyl halides is 3. The molecule has 1 N–H and O–H groups in total. The van der Waals surface area contributed by atoms with Crippen molar-refractivity contribution in [1.29, 1.82) is 0 Å². The molecule has 0 amide bonds. The molecule has 1 aromatic rings. The molecular weight excluding hydrogens is 191 g/mol. The third-order valence-corrected chi connectivity index (χ3v) is 1.60. The number of nitrogens with one attached hydrogen (secondary N) is 1. The van der Waals surface area contributed by atoms with Gasteiger partial charge >= 0.3 is 6.18 Å². The van der Waals surface area contributed by atoms with Gasteiger partial charge in [0.2, 0.25) is 0 Å². The first-order chi connectivity index (χ1) is 5.41. The number of rotatable bonds is 0. The molecule has 1 rings (SSSR count). The highest BCUT2D eigenvalue weighted by atomic mass is 35.5. The van der Waals surface area contributed by atoms with Gasteiger partial charge in [0.15, 0.2) is 0 Å². The second kappa shape index (κ2) is 2.86. The van der Waals surface area contributed by atoms with Gasteiger partial charge in [-0.05, 0) is 18.2 Å². The van der Waals surface area contributed by atoms with Gasteiger partial charge in [-0.1, -0.05) is 11.6 Å². The van der Waals surface area contributed by atoms with E-state index in [2.05, 4.69) is 0 Å². The van der Waals surface area contributed by atoms with Crippen LogP contribution in [0.25, 0.3) is 0 Å². The van der Waals surface area contributed by atoms with Gasteiger partial charge in [0.1, 0.15) is 0 Å². The van der Waals surface area contributed by atoms with E-state index in [-0.39, 0.29) is 10.7 Å². The van der Waals surface area contributed by atoms with Crippen LogP contribution in [0.1, 0.15) is 5.56 Å². The minimum Gasteiger partial charge on any atom is -0.301 e. The van der Waals surface area contributed by atoms with Gasteiger partial charge < -0.3 is 5.73 Å². The summed E-state index contributed by atoms with van der Waals surface area (Å²) in [4.78, 5) is 0.